The molecular weight excluding hydrogens is 262 g/mol. The van der Waals surface area contributed by atoms with E-state index in [-0.39, 0.29) is 18.9 Å². The number of nitrogens with zero attached hydrogens (tertiary/aromatic N) is 4. The molecule has 20 heavy (non-hydrogen) atoms. The molecule has 8 nitrogen and oxygen atoms in total. The lowest BCUT2D eigenvalue weighted by Gasteiger charge is -1.97. The number of rotatable bonds is 5. The summed E-state index contributed by atoms with van der Waals surface area (Å²) in [6, 6.07) is 1.72. The van der Waals surface area contributed by atoms with Crippen molar-refractivity contribution in [3.05, 3.63) is 18.0 Å². The lowest BCUT2D eigenvalue weighted by atomic mass is 10.2. The number of nitrogens with one attached hydrogen (secondary N) is 1. The zero-order valence-electron chi connectivity index (χ0n) is 11.3. The van der Waals surface area contributed by atoms with E-state index in [4.69, 9.17) is 5.11 Å². The monoisotopic (exact) mass is 278 g/mol. The highest BCUT2D eigenvalue weighted by atomic mass is 16.4. The van der Waals surface area contributed by atoms with Gasteiger partial charge in [-0.25, -0.2) is 4.68 Å². The highest BCUT2D eigenvalue weighted by Crippen LogP contribution is 2.13. The molecule has 2 N–H and O–H groups in total. The Morgan fingerprint density at radius 3 is 2.90 bits per heavy atom. The number of aromatic nitrogens is 4. The van der Waals surface area contributed by atoms with E-state index in [1.807, 2.05) is 6.92 Å². The van der Waals surface area contributed by atoms with Gasteiger partial charge in [-0.05, 0) is 6.92 Å². The number of hydrogen-bond acceptors (Lipinski definition) is 4. The first kappa shape index (κ1) is 13.9. The van der Waals surface area contributed by atoms with Crippen molar-refractivity contribution in [3.8, 4) is 0 Å². The van der Waals surface area contributed by atoms with Crippen molar-refractivity contribution < 1.29 is 19.4 Å². The number of aryl methyl sites for hydroxylation is 2. The topological polar surface area (TPSA) is 101 Å². The standard InChI is InChI=1S/C12H15N5O3/c1-3-13-12(20)10-8-4-6-17(7-5-9(18)19)15-11(8)16(2)14-10/h4,6H,3,5,7H2,1-2H3,(H-,13,18,19,20)/p+1. The second kappa shape index (κ2) is 5.64. The first-order chi connectivity index (χ1) is 9.52. The Morgan fingerprint density at radius 2 is 2.25 bits per heavy atom. The maximum Gasteiger partial charge on any atom is 0.309 e. The first-order valence-electron chi connectivity index (χ1n) is 6.26. The summed E-state index contributed by atoms with van der Waals surface area (Å²) in [4.78, 5) is 22.4. The summed E-state index contributed by atoms with van der Waals surface area (Å²) in [6.07, 6.45) is 1.64. The number of amides is 1. The molecule has 0 aliphatic rings. The summed E-state index contributed by atoms with van der Waals surface area (Å²) < 4.78 is 3.04. The van der Waals surface area contributed by atoms with Gasteiger partial charge in [0.05, 0.1) is 5.39 Å². The zero-order valence-corrected chi connectivity index (χ0v) is 11.3. The highest BCUT2D eigenvalue weighted by molar-refractivity contribution is 6.03. The molecule has 0 saturated heterocycles. The average Bonchev–Trinajstić information content (AvgIpc) is 2.74. The number of fused-ring (bicyclic) bond motifs is 1. The highest BCUT2D eigenvalue weighted by Gasteiger charge is 2.19. The molecule has 0 aliphatic carbocycles. The van der Waals surface area contributed by atoms with Gasteiger partial charge in [-0.3, -0.25) is 9.59 Å². The third kappa shape index (κ3) is 2.73. The van der Waals surface area contributed by atoms with Gasteiger partial charge in [0, 0.05) is 24.8 Å². The molecule has 0 aliphatic heterocycles. The largest absolute Gasteiger partial charge is 0.481 e. The van der Waals surface area contributed by atoms with Crippen LogP contribution in [-0.2, 0) is 18.4 Å². The lowest BCUT2D eigenvalue weighted by molar-refractivity contribution is -0.750. The number of carboxylic acids is 1. The van der Waals surface area contributed by atoms with E-state index < -0.39 is 5.97 Å². The first-order valence-corrected chi connectivity index (χ1v) is 6.26. The van der Waals surface area contributed by atoms with Gasteiger partial charge in [-0.1, -0.05) is 4.68 Å². The molecule has 0 radical (unpaired) electrons. The van der Waals surface area contributed by atoms with Crippen LogP contribution < -0.4 is 10.00 Å². The molecule has 2 heterocycles. The second-order valence-electron chi connectivity index (χ2n) is 4.29. The molecule has 2 rings (SSSR count). The van der Waals surface area contributed by atoms with Crippen molar-refractivity contribution in [2.75, 3.05) is 6.54 Å². The summed E-state index contributed by atoms with van der Waals surface area (Å²) >= 11 is 0. The van der Waals surface area contributed by atoms with Crippen LogP contribution in [0.5, 0.6) is 0 Å². The number of carboxylic acid groups (broad SMARTS) is 1. The van der Waals surface area contributed by atoms with E-state index >= 15 is 0 Å². The van der Waals surface area contributed by atoms with Crippen LogP contribution in [0.15, 0.2) is 12.3 Å². The maximum absolute atomic E-state index is 11.9. The van der Waals surface area contributed by atoms with Crippen LogP contribution in [0.4, 0.5) is 0 Å². The van der Waals surface area contributed by atoms with E-state index in [1.54, 1.807) is 19.3 Å². The molecule has 0 fully saturated rings. The van der Waals surface area contributed by atoms with Gasteiger partial charge in [-0.2, -0.15) is 5.10 Å². The number of hydrogen-bond donors (Lipinski definition) is 2. The van der Waals surface area contributed by atoms with Crippen molar-refractivity contribution in [2.45, 2.75) is 19.9 Å². The van der Waals surface area contributed by atoms with Crippen LogP contribution in [0.25, 0.3) is 11.0 Å². The van der Waals surface area contributed by atoms with Gasteiger partial charge in [0.1, 0.15) is 6.42 Å². The fourth-order valence-corrected chi connectivity index (χ4v) is 1.87. The molecule has 0 unspecified atom stereocenters. The van der Waals surface area contributed by atoms with Crippen LogP contribution in [0.2, 0.25) is 0 Å². The van der Waals surface area contributed by atoms with E-state index in [0.29, 0.717) is 23.3 Å². The van der Waals surface area contributed by atoms with E-state index in [0.717, 1.165) is 0 Å². The SMILES string of the molecule is CCNC(=O)c1nn(C)c2n[n+](CCC(=O)O)ccc12. The molecule has 8 heteroatoms. The smallest absolute Gasteiger partial charge is 0.309 e. The van der Waals surface area contributed by atoms with Crippen LogP contribution >= 0.6 is 0 Å². The molecule has 106 valence electrons. The predicted molar refractivity (Wildman–Crippen MR) is 69.0 cm³/mol. The van der Waals surface area contributed by atoms with Crippen LogP contribution in [-0.4, -0.2) is 38.4 Å². The number of aliphatic carboxylic acids is 1. The third-order valence-corrected chi connectivity index (χ3v) is 2.80. The minimum Gasteiger partial charge on any atom is -0.481 e. The Morgan fingerprint density at radius 1 is 1.50 bits per heavy atom. The van der Waals surface area contributed by atoms with Gasteiger partial charge in [0.15, 0.2) is 18.4 Å². The minimum atomic E-state index is -0.882. The summed E-state index contributed by atoms with van der Waals surface area (Å²) in [6.45, 7) is 2.63. The van der Waals surface area contributed by atoms with Crippen molar-refractivity contribution in [3.63, 3.8) is 0 Å². The Labute approximate surface area is 115 Å². The van der Waals surface area contributed by atoms with Crippen LogP contribution in [0, 0.1) is 0 Å². The van der Waals surface area contributed by atoms with Crippen LogP contribution in [0.1, 0.15) is 23.8 Å². The molecule has 0 saturated carbocycles. The van der Waals surface area contributed by atoms with E-state index in [2.05, 4.69) is 15.5 Å². The molecule has 2 aromatic rings. The Balaban J connectivity index is 2.36. The van der Waals surface area contributed by atoms with Crippen molar-refractivity contribution >= 4 is 22.9 Å². The number of carbonyl (C=O) groups excluding carboxylic acids is 1. The second-order valence-corrected chi connectivity index (χ2v) is 4.29. The van der Waals surface area contributed by atoms with Crippen molar-refractivity contribution in [1.82, 2.24) is 20.2 Å². The fourth-order valence-electron chi connectivity index (χ4n) is 1.87. The molecular formula is C12H16N5O3+. The molecule has 0 aromatic carbocycles. The Kier molecular flexibility index (Phi) is 3.92. The number of carbonyl (C=O) groups is 2. The van der Waals surface area contributed by atoms with Gasteiger partial charge in [0.25, 0.3) is 5.91 Å². The fraction of sp³-hybridized carbons (Fsp3) is 0.417. The van der Waals surface area contributed by atoms with Crippen molar-refractivity contribution in [2.24, 2.45) is 7.05 Å². The van der Waals surface area contributed by atoms with Gasteiger partial charge in [-0.15, -0.1) is 0 Å². The van der Waals surface area contributed by atoms with Gasteiger partial charge < -0.3 is 10.4 Å². The summed E-state index contributed by atoms with van der Waals surface area (Å²) in [5.41, 5.74) is 0.862. The van der Waals surface area contributed by atoms with E-state index in [1.165, 1.54) is 9.36 Å². The predicted octanol–water partition coefficient (Wildman–Crippen LogP) is -0.520. The molecule has 0 bridgehead atoms. The van der Waals surface area contributed by atoms with Gasteiger partial charge >= 0.3 is 5.97 Å². The average molecular weight is 278 g/mol. The molecule has 2 aromatic heterocycles. The third-order valence-electron chi connectivity index (χ3n) is 2.80. The molecule has 0 atom stereocenters. The Bertz CT molecular complexity index is 664. The van der Waals surface area contributed by atoms with E-state index in [9.17, 15) is 9.59 Å². The minimum absolute atomic E-state index is 0.00972. The Hall–Kier alpha value is -2.51. The summed E-state index contributed by atoms with van der Waals surface area (Å²) in [7, 11) is 1.69. The normalized spacial score (nSPS) is 10.7. The maximum atomic E-state index is 11.9. The summed E-state index contributed by atoms with van der Waals surface area (Å²) in [5.74, 6) is -1.13. The molecule has 1 amide bonds. The van der Waals surface area contributed by atoms with Gasteiger partial charge in [0.2, 0.25) is 5.65 Å². The molecule has 0 spiro atoms. The lowest BCUT2D eigenvalue weighted by Crippen LogP contribution is -2.38. The summed E-state index contributed by atoms with van der Waals surface area (Å²) in [5, 5.41) is 20.4. The van der Waals surface area contributed by atoms with Crippen LogP contribution in [0.3, 0.4) is 0 Å². The van der Waals surface area contributed by atoms with Crippen molar-refractivity contribution in [1.29, 1.82) is 0 Å². The zero-order chi connectivity index (χ0) is 14.7. The quantitative estimate of drug-likeness (QED) is 0.717.